The molecule has 2 aromatic rings. The lowest BCUT2D eigenvalue weighted by Gasteiger charge is -2.46. The van der Waals surface area contributed by atoms with Crippen molar-refractivity contribution in [3.8, 4) is 28.7 Å². The molecule has 0 spiro atoms. The van der Waals surface area contributed by atoms with E-state index < -0.39 is 0 Å². The van der Waals surface area contributed by atoms with Crippen molar-refractivity contribution in [1.29, 1.82) is 0 Å². The Morgan fingerprint density at radius 3 is 2.31 bits per heavy atom. The average molecular weight is 397 g/mol. The lowest BCUT2D eigenvalue weighted by Crippen LogP contribution is -2.47. The summed E-state index contributed by atoms with van der Waals surface area (Å²) in [5, 5.41) is 0. The topological polar surface area (TPSA) is 49.4 Å². The molecular weight excluding hydrogens is 370 g/mol. The van der Waals surface area contributed by atoms with E-state index in [9.17, 15) is 0 Å². The van der Waals surface area contributed by atoms with Gasteiger partial charge in [-0.05, 0) is 66.8 Å². The van der Waals surface area contributed by atoms with Crippen LogP contribution in [0, 0.1) is 0 Å². The van der Waals surface area contributed by atoms with E-state index in [1.807, 2.05) is 0 Å². The number of benzene rings is 2. The molecule has 3 aliphatic heterocycles. The summed E-state index contributed by atoms with van der Waals surface area (Å²) in [6.07, 6.45) is 4.77. The maximum Gasteiger partial charge on any atom is 0.231 e. The Kier molecular flexibility index (Phi) is 4.66. The summed E-state index contributed by atoms with van der Waals surface area (Å²) in [7, 11) is 4.96. The van der Waals surface area contributed by atoms with Gasteiger partial charge in [-0.3, -0.25) is 4.90 Å². The Labute approximate surface area is 171 Å². The largest absolute Gasteiger partial charge is 0.493 e. The molecule has 154 valence electrons. The predicted molar refractivity (Wildman–Crippen MR) is 109 cm³/mol. The summed E-state index contributed by atoms with van der Waals surface area (Å²) in [6, 6.07) is 9.15. The fourth-order valence-corrected chi connectivity index (χ4v) is 5.08. The molecule has 6 heteroatoms. The molecule has 0 aliphatic carbocycles. The number of fused-ring (bicyclic) bond motifs is 3. The molecule has 2 atom stereocenters. The first-order valence-corrected chi connectivity index (χ1v) is 10.2. The summed E-state index contributed by atoms with van der Waals surface area (Å²) < 4.78 is 28.2. The summed E-state index contributed by atoms with van der Waals surface area (Å²) in [5.41, 5.74) is 3.77. The third kappa shape index (κ3) is 2.97. The van der Waals surface area contributed by atoms with Crippen LogP contribution in [0.15, 0.2) is 24.3 Å². The number of piperidine rings is 1. The molecular formula is C23H27NO5. The van der Waals surface area contributed by atoms with E-state index in [-0.39, 0.29) is 6.04 Å². The van der Waals surface area contributed by atoms with Crippen molar-refractivity contribution in [3.63, 3.8) is 0 Å². The van der Waals surface area contributed by atoms with Gasteiger partial charge in [-0.15, -0.1) is 0 Å². The molecule has 3 aliphatic rings. The van der Waals surface area contributed by atoms with E-state index in [4.69, 9.17) is 23.7 Å². The smallest absolute Gasteiger partial charge is 0.231 e. The van der Waals surface area contributed by atoms with E-state index in [1.54, 1.807) is 21.3 Å². The van der Waals surface area contributed by atoms with Crippen LogP contribution in [0.3, 0.4) is 0 Å². The van der Waals surface area contributed by atoms with Crippen molar-refractivity contribution in [2.75, 3.05) is 34.7 Å². The van der Waals surface area contributed by atoms with E-state index >= 15 is 0 Å². The van der Waals surface area contributed by atoms with Crippen LogP contribution in [0.4, 0.5) is 0 Å². The van der Waals surface area contributed by atoms with Crippen LogP contribution < -0.4 is 23.7 Å². The van der Waals surface area contributed by atoms with Gasteiger partial charge in [0.05, 0.1) is 27.4 Å². The maximum absolute atomic E-state index is 5.70. The molecule has 0 unspecified atom stereocenters. The molecule has 6 nitrogen and oxygen atoms in total. The van der Waals surface area contributed by atoms with Gasteiger partial charge < -0.3 is 23.7 Å². The predicted octanol–water partition coefficient (Wildman–Crippen LogP) is 3.94. The first-order valence-electron chi connectivity index (χ1n) is 10.2. The van der Waals surface area contributed by atoms with Gasteiger partial charge in [0.25, 0.3) is 0 Å². The number of hydrogen-bond donors (Lipinski definition) is 0. The van der Waals surface area contributed by atoms with Crippen molar-refractivity contribution in [2.45, 2.75) is 37.8 Å². The van der Waals surface area contributed by atoms with Crippen LogP contribution >= 0.6 is 0 Å². The molecule has 0 radical (unpaired) electrons. The van der Waals surface area contributed by atoms with Crippen LogP contribution in [0.5, 0.6) is 28.7 Å². The molecule has 0 bridgehead atoms. The fraction of sp³-hybridized carbons (Fsp3) is 0.478. The molecule has 0 N–H and O–H groups in total. The minimum atomic E-state index is 0.118. The van der Waals surface area contributed by atoms with E-state index in [2.05, 4.69) is 29.2 Å². The molecule has 1 saturated heterocycles. The maximum atomic E-state index is 5.70. The number of hydrogen-bond acceptors (Lipinski definition) is 6. The van der Waals surface area contributed by atoms with Crippen molar-refractivity contribution in [2.24, 2.45) is 0 Å². The Balaban J connectivity index is 1.68. The summed E-state index contributed by atoms with van der Waals surface area (Å²) in [4.78, 5) is 2.63. The van der Waals surface area contributed by atoms with Crippen molar-refractivity contribution < 1.29 is 23.7 Å². The third-order valence-electron chi connectivity index (χ3n) is 6.39. The lowest BCUT2D eigenvalue weighted by molar-refractivity contribution is 0.0998. The quantitative estimate of drug-likeness (QED) is 0.779. The first kappa shape index (κ1) is 18.4. The lowest BCUT2D eigenvalue weighted by atomic mass is 9.81. The summed E-state index contributed by atoms with van der Waals surface area (Å²) in [6.45, 7) is 1.38. The summed E-state index contributed by atoms with van der Waals surface area (Å²) >= 11 is 0. The van der Waals surface area contributed by atoms with Gasteiger partial charge >= 0.3 is 0 Å². The standard InChI is InChI=1S/C23H27NO5/c1-25-20-10-15(11-21(26-2)23(20)27-3)22-17-12-19-18(28-13-29-19)9-14(17)8-16-6-4-5-7-24(16)22/h9-12,16,22H,4-8,13H2,1-3H3/t16-,22+/m0/s1. The van der Waals surface area contributed by atoms with Crippen LogP contribution in [0.25, 0.3) is 0 Å². The van der Waals surface area contributed by atoms with Gasteiger partial charge in [0.1, 0.15) is 0 Å². The van der Waals surface area contributed by atoms with Crippen molar-refractivity contribution in [3.05, 3.63) is 41.0 Å². The monoisotopic (exact) mass is 397 g/mol. The minimum Gasteiger partial charge on any atom is -0.493 e. The van der Waals surface area contributed by atoms with Crippen LogP contribution in [0.1, 0.15) is 42.0 Å². The number of ether oxygens (including phenoxy) is 5. The molecule has 0 amide bonds. The second-order valence-electron chi connectivity index (χ2n) is 7.86. The Hall–Kier alpha value is -2.60. The van der Waals surface area contributed by atoms with Gasteiger partial charge in [-0.1, -0.05) is 6.42 Å². The Morgan fingerprint density at radius 1 is 0.897 bits per heavy atom. The zero-order valence-corrected chi connectivity index (χ0v) is 17.2. The Morgan fingerprint density at radius 2 is 1.62 bits per heavy atom. The molecule has 1 fully saturated rings. The third-order valence-corrected chi connectivity index (χ3v) is 6.39. The highest BCUT2D eigenvalue weighted by Gasteiger charge is 2.38. The van der Waals surface area contributed by atoms with Crippen LogP contribution in [-0.2, 0) is 6.42 Å². The van der Waals surface area contributed by atoms with E-state index in [0.717, 1.165) is 30.0 Å². The van der Waals surface area contributed by atoms with Gasteiger partial charge in [0, 0.05) is 6.04 Å². The van der Waals surface area contributed by atoms with Crippen LogP contribution in [0.2, 0.25) is 0 Å². The molecule has 29 heavy (non-hydrogen) atoms. The SMILES string of the molecule is COc1cc([C@@H]2c3cc4c(cc3C[C@@H]3CCCCN32)OCO4)cc(OC)c1OC. The van der Waals surface area contributed by atoms with Crippen molar-refractivity contribution >= 4 is 0 Å². The summed E-state index contributed by atoms with van der Waals surface area (Å²) in [5.74, 6) is 3.68. The van der Waals surface area contributed by atoms with Gasteiger partial charge in [-0.25, -0.2) is 0 Å². The highest BCUT2D eigenvalue weighted by atomic mass is 16.7. The van der Waals surface area contributed by atoms with Crippen LogP contribution in [-0.4, -0.2) is 45.6 Å². The van der Waals surface area contributed by atoms with E-state index in [0.29, 0.717) is 30.1 Å². The average Bonchev–Trinajstić information content (AvgIpc) is 3.22. The second-order valence-corrected chi connectivity index (χ2v) is 7.86. The fourth-order valence-electron chi connectivity index (χ4n) is 5.08. The highest BCUT2D eigenvalue weighted by molar-refractivity contribution is 5.58. The van der Waals surface area contributed by atoms with Gasteiger partial charge in [-0.2, -0.15) is 0 Å². The normalized spacial score (nSPS) is 22.6. The molecule has 3 heterocycles. The molecule has 2 aromatic carbocycles. The second kappa shape index (κ2) is 7.34. The van der Waals surface area contributed by atoms with E-state index in [1.165, 1.54) is 30.4 Å². The van der Waals surface area contributed by atoms with Gasteiger partial charge in [0.2, 0.25) is 12.5 Å². The molecule has 5 rings (SSSR count). The number of nitrogens with zero attached hydrogens (tertiary/aromatic N) is 1. The number of methoxy groups -OCH3 is 3. The zero-order chi connectivity index (χ0) is 20.0. The molecule has 0 saturated carbocycles. The highest BCUT2D eigenvalue weighted by Crippen LogP contribution is 2.48. The van der Waals surface area contributed by atoms with Gasteiger partial charge in [0.15, 0.2) is 23.0 Å². The zero-order valence-electron chi connectivity index (χ0n) is 17.2. The van der Waals surface area contributed by atoms with Crippen molar-refractivity contribution in [1.82, 2.24) is 4.90 Å². The number of rotatable bonds is 4. The first-order chi connectivity index (χ1) is 14.2. The Bertz CT molecular complexity index is 903. The molecule has 0 aromatic heterocycles. The minimum absolute atomic E-state index is 0.118.